The molecular formula is C23H26N2O4. The number of hydrogen-bond acceptors (Lipinski definition) is 4. The van der Waals surface area contributed by atoms with Gasteiger partial charge in [-0.2, -0.15) is 0 Å². The fourth-order valence-electron chi connectivity index (χ4n) is 2.48. The Morgan fingerprint density at radius 3 is 2.38 bits per heavy atom. The predicted octanol–water partition coefficient (Wildman–Crippen LogP) is 3.51. The molecule has 1 atom stereocenters. The summed E-state index contributed by atoms with van der Waals surface area (Å²) in [6.45, 7) is 3.54. The number of hydrogen-bond donors (Lipinski definition) is 2. The van der Waals surface area contributed by atoms with Crippen molar-refractivity contribution < 1.29 is 19.1 Å². The molecule has 0 aliphatic carbocycles. The normalized spacial score (nSPS) is 11.7. The van der Waals surface area contributed by atoms with Crippen molar-refractivity contribution in [1.82, 2.24) is 5.32 Å². The molecule has 2 amide bonds. The third-order valence-electron chi connectivity index (χ3n) is 4.37. The molecule has 0 saturated carbocycles. The fraction of sp³-hybridized carbons (Fsp3) is 0.261. The first-order chi connectivity index (χ1) is 14.0. The highest BCUT2D eigenvalue weighted by atomic mass is 16.5. The van der Waals surface area contributed by atoms with E-state index in [1.807, 2.05) is 54.6 Å². The molecule has 152 valence electrons. The van der Waals surface area contributed by atoms with Gasteiger partial charge in [-0.3, -0.25) is 14.4 Å². The first-order valence-electron chi connectivity index (χ1n) is 9.54. The van der Waals surface area contributed by atoms with E-state index in [9.17, 15) is 14.4 Å². The number of rotatable bonds is 9. The summed E-state index contributed by atoms with van der Waals surface area (Å²) >= 11 is 0. The van der Waals surface area contributed by atoms with E-state index in [4.69, 9.17) is 4.74 Å². The fourth-order valence-corrected chi connectivity index (χ4v) is 2.48. The lowest BCUT2D eigenvalue weighted by Crippen LogP contribution is -2.31. The van der Waals surface area contributed by atoms with Crippen molar-refractivity contribution in [2.75, 3.05) is 18.5 Å². The van der Waals surface area contributed by atoms with E-state index in [2.05, 4.69) is 24.5 Å². The number of benzene rings is 2. The second kappa shape index (κ2) is 11.4. The van der Waals surface area contributed by atoms with Gasteiger partial charge in [-0.15, -0.1) is 0 Å². The molecule has 0 aliphatic rings. The summed E-state index contributed by atoms with van der Waals surface area (Å²) in [4.78, 5) is 35.3. The number of amides is 2. The van der Waals surface area contributed by atoms with Gasteiger partial charge in [0.1, 0.15) is 6.54 Å². The first kappa shape index (κ1) is 21.9. The van der Waals surface area contributed by atoms with Gasteiger partial charge in [0.25, 0.3) is 5.91 Å². The zero-order valence-electron chi connectivity index (χ0n) is 16.7. The molecule has 2 aromatic rings. The van der Waals surface area contributed by atoms with Gasteiger partial charge in [0.2, 0.25) is 5.91 Å². The van der Waals surface area contributed by atoms with Crippen LogP contribution in [0, 0.1) is 0 Å². The van der Waals surface area contributed by atoms with Crippen molar-refractivity contribution in [3.63, 3.8) is 0 Å². The van der Waals surface area contributed by atoms with Crippen LogP contribution in [0.25, 0.3) is 6.08 Å². The molecule has 0 unspecified atom stereocenters. The summed E-state index contributed by atoms with van der Waals surface area (Å²) < 4.78 is 4.88. The van der Waals surface area contributed by atoms with Crippen LogP contribution in [-0.4, -0.2) is 30.9 Å². The van der Waals surface area contributed by atoms with Crippen molar-refractivity contribution >= 4 is 29.5 Å². The number of anilines is 1. The van der Waals surface area contributed by atoms with Gasteiger partial charge in [-0.05, 0) is 41.7 Å². The molecule has 2 rings (SSSR count). The van der Waals surface area contributed by atoms with Crippen molar-refractivity contribution in [3.05, 3.63) is 71.8 Å². The summed E-state index contributed by atoms with van der Waals surface area (Å²) in [5, 5.41) is 5.09. The van der Waals surface area contributed by atoms with Gasteiger partial charge in [0, 0.05) is 11.8 Å². The standard InChI is InChI=1S/C23H26N2O4/c1-3-17(2)19-10-12-20(13-11-19)25-22(27)16-29-23(28)15-24-21(26)14-9-18-7-5-4-6-8-18/h4-14,17H,3,15-16H2,1-2H3,(H,24,26)(H,25,27)/b14-9+/t17-/m1/s1. The topological polar surface area (TPSA) is 84.5 Å². The summed E-state index contributed by atoms with van der Waals surface area (Å²) in [5.74, 6) is -1.09. The minimum absolute atomic E-state index is 0.311. The maximum absolute atomic E-state index is 11.9. The molecule has 0 aliphatic heterocycles. The zero-order chi connectivity index (χ0) is 21.1. The highest BCUT2D eigenvalue weighted by Crippen LogP contribution is 2.20. The second-order valence-corrected chi connectivity index (χ2v) is 6.60. The van der Waals surface area contributed by atoms with Gasteiger partial charge in [-0.25, -0.2) is 0 Å². The maximum Gasteiger partial charge on any atom is 0.325 e. The van der Waals surface area contributed by atoms with Crippen LogP contribution >= 0.6 is 0 Å². The number of ether oxygens (including phenoxy) is 1. The van der Waals surface area contributed by atoms with Crippen molar-refractivity contribution in [3.8, 4) is 0 Å². The maximum atomic E-state index is 11.9. The summed E-state index contributed by atoms with van der Waals surface area (Å²) in [7, 11) is 0. The molecule has 0 fully saturated rings. The molecule has 6 heteroatoms. The lowest BCUT2D eigenvalue weighted by atomic mass is 9.99. The molecule has 29 heavy (non-hydrogen) atoms. The van der Waals surface area contributed by atoms with Gasteiger partial charge in [0.05, 0.1) is 0 Å². The van der Waals surface area contributed by atoms with E-state index >= 15 is 0 Å². The van der Waals surface area contributed by atoms with E-state index in [1.165, 1.54) is 11.6 Å². The van der Waals surface area contributed by atoms with Crippen LogP contribution in [0.15, 0.2) is 60.7 Å². The van der Waals surface area contributed by atoms with Crippen LogP contribution in [0.1, 0.15) is 37.3 Å². The Hall–Kier alpha value is -3.41. The van der Waals surface area contributed by atoms with Crippen molar-refractivity contribution in [2.24, 2.45) is 0 Å². The van der Waals surface area contributed by atoms with Gasteiger partial charge in [0.15, 0.2) is 6.61 Å². The van der Waals surface area contributed by atoms with Crippen LogP contribution in [0.4, 0.5) is 5.69 Å². The first-order valence-corrected chi connectivity index (χ1v) is 9.54. The third-order valence-corrected chi connectivity index (χ3v) is 4.37. The average Bonchev–Trinajstić information content (AvgIpc) is 2.75. The molecular weight excluding hydrogens is 368 g/mol. The predicted molar refractivity (Wildman–Crippen MR) is 113 cm³/mol. The van der Waals surface area contributed by atoms with Crippen LogP contribution in [0.3, 0.4) is 0 Å². The Bertz CT molecular complexity index is 845. The summed E-state index contributed by atoms with van der Waals surface area (Å²) in [6.07, 6.45) is 4.01. The Morgan fingerprint density at radius 1 is 1.03 bits per heavy atom. The Labute approximate surface area is 171 Å². The highest BCUT2D eigenvalue weighted by molar-refractivity contribution is 5.95. The van der Waals surface area contributed by atoms with Crippen molar-refractivity contribution in [2.45, 2.75) is 26.2 Å². The smallest absolute Gasteiger partial charge is 0.325 e. The molecule has 2 aromatic carbocycles. The minimum Gasteiger partial charge on any atom is -0.454 e. The van der Waals surface area contributed by atoms with Gasteiger partial charge in [-0.1, -0.05) is 56.3 Å². The zero-order valence-corrected chi connectivity index (χ0v) is 16.7. The van der Waals surface area contributed by atoms with E-state index in [0.717, 1.165) is 12.0 Å². The SMILES string of the molecule is CC[C@@H](C)c1ccc(NC(=O)COC(=O)CNC(=O)/C=C/c2ccccc2)cc1. The summed E-state index contributed by atoms with van der Waals surface area (Å²) in [5.41, 5.74) is 2.71. The third kappa shape index (κ3) is 8.01. The highest BCUT2D eigenvalue weighted by Gasteiger charge is 2.09. The average molecular weight is 394 g/mol. The molecule has 0 radical (unpaired) electrons. The Kier molecular flexibility index (Phi) is 8.63. The number of esters is 1. The van der Waals surface area contributed by atoms with E-state index in [-0.39, 0.29) is 6.54 Å². The van der Waals surface area contributed by atoms with E-state index < -0.39 is 24.4 Å². The van der Waals surface area contributed by atoms with Gasteiger partial charge < -0.3 is 15.4 Å². The van der Waals surface area contributed by atoms with E-state index in [0.29, 0.717) is 11.6 Å². The molecule has 6 nitrogen and oxygen atoms in total. The minimum atomic E-state index is -0.686. The Balaban J connectivity index is 1.68. The molecule has 0 saturated heterocycles. The lowest BCUT2D eigenvalue weighted by Gasteiger charge is -2.10. The van der Waals surface area contributed by atoms with Crippen LogP contribution in [0.2, 0.25) is 0 Å². The molecule has 0 heterocycles. The van der Waals surface area contributed by atoms with Crippen molar-refractivity contribution in [1.29, 1.82) is 0 Å². The molecule has 0 aromatic heterocycles. The van der Waals surface area contributed by atoms with Crippen LogP contribution < -0.4 is 10.6 Å². The number of nitrogens with one attached hydrogen (secondary N) is 2. The molecule has 2 N–H and O–H groups in total. The lowest BCUT2D eigenvalue weighted by molar-refractivity contribution is -0.146. The molecule has 0 spiro atoms. The molecule has 0 bridgehead atoms. The van der Waals surface area contributed by atoms with Crippen LogP contribution in [0.5, 0.6) is 0 Å². The quantitative estimate of drug-likeness (QED) is 0.503. The Morgan fingerprint density at radius 2 is 1.72 bits per heavy atom. The van der Waals surface area contributed by atoms with Crippen LogP contribution in [-0.2, 0) is 19.1 Å². The number of carbonyl (C=O) groups is 3. The second-order valence-electron chi connectivity index (χ2n) is 6.60. The summed E-state index contributed by atoms with van der Waals surface area (Å²) in [6, 6.07) is 16.9. The monoisotopic (exact) mass is 394 g/mol. The van der Waals surface area contributed by atoms with Gasteiger partial charge >= 0.3 is 5.97 Å². The largest absolute Gasteiger partial charge is 0.454 e. The van der Waals surface area contributed by atoms with E-state index in [1.54, 1.807) is 6.08 Å². The number of carbonyl (C=O) groups excluding carboxylic acids is 3.